The third-order valence-electron chi connectivity index (χ3n) is 3.92. The molecule has 0 saturated heterocycles. The summed E-state index contributed by atoms with van der Waals surface area (Å²) in [5.74, 6) is 0. The summed E-state index contributed by atoms with van der Waals surface area (Å²) >= 11 is 12.3. The minimum absolute atomic E-state index is 0.255. The lowest BCUT2D eigenvalue weighted by Crippen LogP contribution is -2.39. The van der Waals surface area contributed by atoms with Crippen LogP contribution >= 0.6 is 23.2 Å². The van der Waals surface area contributed by atoms with Crippen molar-refractivity contribution in [2.75, 3.05) is 7.11 Å². The van der Waals surface area contributed by atoms with Gasteiger partial charge in [0.2, 0.25) is 0 Å². The van der Waals surface area contributed by atoms with Gasteiger partial charge in [0.15, 0.2) is 0 Å². The molecule has 3 atom stereocenters. The molecule has 0 radical (unpaired) electrons. The van der Waals surface area contributed by atoms with Gasteiger partial charge < -0.3 is 10.1 Å². The molecule has 3 unspecified atom stereocenters. The van der Waals surface area contributed by atoms with Gasteiger partial charge in [-0.05, 0) is 43.4 Å². The van der Waals surface area contributed by atoms with E-state index in [9.17, 15) is 0 Å². The molecule has 2 nitrogen and oxygen atoms in total. The first-order valence-electron chi connectivity index (χ1n) is 6.89. The number of methoxy groups -OCH3 is 1. The van der Waals surface area contributed by atoms with Gasteiger partial charge in [-0.15, -0.1) is 0 Å². The van der Waals surface area contributed by atoms with Crippen LogP contribution in [0.15, 0.2) is 18.2 Å². The van der Waals surface area contributed by atoms with Gasteiger partial charge in [-0.1, -0.05) is 36.2 Å². The van der Waals surface area contributed by atoms with E-state index in [1.807, 2.05) is 18.2 Å². The largest absolute Gasteiger partial charge is 0.380 e. The normalized spacial score (nSPS) is 24.6. The Morgan fingerprint density at radius 3 is 2.79 bits per heavy atom. The first-order chi connectivity index (χ1) is 9.15. The molecule has 0 heterocycles. The highest BCUT2D eigenvalue weighted by atomic mass is 35.5. The van der Waals surface area contributed by atoms with Crippen molar-refractivity contribution in [1.82, 2.24) is 5.32 Å². The average molecular weight is 302 g/mol. The van der Waals surface area contributed by atoms with Gasteiger partial charge in [0.1, 0.15) is 0 Å². The third-order valence-corrected chi connectivity index (χ3v) is 4.48. The van der Waals surface area contributed by atoms with Crippen LogP contribution in [0.5, 0.6) is 0 Å². The Morgan fingerprint density at radius 2 is 2.16 bits per heavy atom. The molecule has 0 aromatic heterocycles. The van der Waals surface area contributed by atoms with Crippen LogP contribution in [0.1, 0.15) is 44.2 Å². The second-order valence-corrected chi connectivity index (χ2v) is 5.95. The molecule has 19 heavy (non-hydrogen) atoms. The maximum Gasteiger partial charge on any atom is 0.0724 e. The van der Waals surface area contributed by atoms with E-state index in [4.69, 9.17) is 27.9 Å². The van der Waals surface area contributed by atoms with Crippen LogP contribution in [-0.4, -0.2) is 19.3 Å². The van der Waals surface area contributed by atoms with Gasteiger partial charge in [-0.25, -0.2) is 0 Å². The molecular formula is C15H21Cl2NO. The van der Waals surface area contributed by atoms with E-state index < -0.39 is 0 Å². The smallest absolute Gasteiger partial charge is 0.0724 e. The number of benzene rings is 1. The first-order valence-corrected chi connectivity index (χ1v) is 7.65. The Morgan fingerprint density at radius 1 is 1.37 bits per heavy atom. The van der Waals surface area contributed by atoms with E-state index in [0.29, 0.717) is 17.2 Å². The van der Waals surface area contributed by atoms with Crippen molar-refractivity contribution in [2.24, 2.45) is 0 Å². The van der Waals surface area contributed by atoms with Gasteiger partial charge in [0.05, 0.1) is 6.10 Å². The predicted molar refractivity (Wildman–Crippen MR) is 81.1 cm³/mol. The van der Waals surface area contributed by atoms with Crippen LogP contribution in [0.2, 0.25) is 10.0 Å². The molecule has 1 aromatic carbocycles. The molecule has 1 aromatic rings. The minimum atomic E-state index is 0.255. The molecule has 1 aliphatic rings. The fraction of sp³-hybridized carbons (Fsp3) is 0.600. The maximum absolute atomic E-state index is 6.30. The minimum Gasteiger partial charge on any atom is -0.380 e. The Bertz CT molecular complexity index is 425. The topological polar surface area (TPSA) is 21.3 Å². The Labute approximate surface area is 125 Å². The summed E-state index contributed by atoms with van der Waals surface area (Å²) in [6.07, 6.45) is 4.84. The van der Waals surface area contributed by atoms with Crippen molar-refractivity contribution in [1.29, 1.82) is 0 Å². The maximum atomic E-state index is 6.30. The fourth-order valence-corrected chi connectivity index (χ4v) is 3.41. The Kier molecular flexibility index (Phi) is 5.52. The van der Waals surface area contributed by atoms with Crippen LogP contribution < -0.4 is 5.32 Å². The van der Waals surface area contributed by atoms with Crippen molar-refractivity contribution in [2.45, 2.75) is 50.8 Å². The summed E-state index contributed by atoms with van der Waals surface area (Å²) < 4.78 is 5.54. The molecule has 1 aliphatic carbocycles. The molecule has 1 saturated carbocycles. The van der Waals surface area contributed by atoms with Gasteiger partial charge >= 0.3 is 0 Å². The van der Waals surface area contributed by atoms with Gasteiger partial charge in [0, 0.05) is 29.2 Å². The zero-order valence-corrected chi connectivity index (χ0v) is 13.0. The van der Waals surface area contributed by atoms with E-state index in [2.05, 4.69) is 12.2 Å². The fourth-order valence-electron chi connectivity index (χ4n) is 2.87. The number of hydrogen-bond donors (Lipinski definition) is 1. The monoisotopic (exact) mass is 301 g/mol. The van der Waals surface area contributed by atoms with Gasteiger partial charge in [0.25, 0.3) is 0 Å². The molecule has 0 bridgehead atoms. The molecule has 1 fully saturated rings. The standard InChI is InChI=1S/C15H21Cl2NO/c1-3-13(11-8-7-10(16)9-12(11)17)18-14-5-4-6-15(14)19-2/h7-9,13-15,18H,3-6H2,1-2H3. The van der Waals surface area contributed by atoms with E-state index in [1.54, 1.807) is 7.11 Å². The second-order valence-electron chi connectivity index (χ2n) is 5.10. The number of nitrogens with one attached hydrogen (secondary N) is 1. The molecule has 0 aliphatic heterocycles. The average Bonchev–Trinajstić information content (AvgIpc) is 2.84. The molecule has 4 heteroatoms. The third kappa shape index (κ3) is 3.63. The van der Waals surface area contributed by atoms with Crippen molar-refractivity contribution >= 4 is 23.2 Å². The SMILES string of the molecule is CCC(NC1CCCC1OC)c1ccc(Cl)cc1Cl. The highest BCUT2D eigenvalue weighted by Gasteiger charge is 2.29. The summed E-state index contributed by atoms with van der Waals surface area (Å²) in [6.45, 7) is 2.17. The van der Waals surface area contributed by atoms with E-state index in [-0.39, 0.29) is 6.04 Å². The molecule has 2 rings (SSSR count). The van der Waals surface area contributed by atoms with E-state index in [1.165, 1.54) is 12.8 Å². The van der Waals surface area contributed by atoms with Crippen LogP contribution in [0.3, 0.4) is 0 Å². The summed E-state index contributed by atoms with van der Waals surface area (Å²) in [6, 6.07) is 6.40. The number of hydrogen-bond acceptors (Lipinski definition) is 2. The summed E-state index contributed by atoms with van der Waals surface area (Å²) in [4.78, 5) is 0. The molecule has 106 valence electrons. The first kappa shape index (κ1) is 15.1. The molecule has 0 spiro atoms. The highest BCUT2D eigenvalue weighted by Crippen LogP contribution is 2.31. The summed E-state index contributed by atoms with van der Waals surface area (Å²) in [5, 5.41) is 5.11. The van der Waals surface area contributed by atoms with Gasteiger partial charge in [-0.3, -0.25) is 0 Å². The number of rotatable bonds is 5. The predicted octanol–water partition coefficient (Wildman–Crippen LogP) is 4.60. The lowest BCUT2D eigenvalue weighted by atomic mass is 10.0. The summed E-state index contributed by atoms with van der Waals surface area (Å²) in [5.41, 5.74) is 1.12. The summed E-state index contributed by atoms with van der Waals surface area (Å²) in [7, 11) is 1.79. The van der Waals surface area contributed by atoms with Crippen LogP contribution in [0.4, 0.5) is 0 Å². The number of halogens is 2. The molecule has 1 N–H and O–H groups in total. The van der Waals surface area contributed by atoms with Crippen LogP contribution in [0, 0.1) is 0 Å². The quantitative estimate of drug-likeness (QED) is 0.858. The molecular weight excluding hydrogens is 281 g/mol. The van der Waals surface area contributed by atoms with Gasteiger partial charge in [-0.2, -0.15) is 0 Å². The zero-order valence-electron chi connectivity index (χ0n) is 11.5. The van der Waals surface area contributed by atoms with E-state index >= 15 is 0 Å². The van der Waals surface area contributed by atoms with Crippen molar-refractivity contribution < 1.29 is 4.74 Å². The highest BCUT2D eigenvalue weighted by molar-refractivity contribution is 6.35. The Balaban J connectivity index is 2.11. The molecule has 0 amide bonds. The lowest BCUT2D eigenvalue weighted by molar-refractivity contribution is 0.0810. The van der Waals surface area contributed by atoms with Crippen molar-refractivity contribution in [3.8, 4) is 0 Å². The van der Waals surface area contributed by atoms with Crippen LogP contribution in [0.25, 0.3) is 0 Å². The Hall–Kier alpha value is -0.280. The van der Waals surface area contributed by atoms with Crippen molar-refractivity contribution in [3.63, 3.8) is 0 Å². The lowest BCUT2D eigenvalue weighted by Gasteiger charge is -2.26. The second kappa shape index (κ2) is 6.94. The zero-order chi connectivity index (χ0) is 13.8. The van der Waals surface area contributed by atoms with Crippen LogP contribution in [-0.2, 0) is 4.74 Å². The number of ether oxygens (including phenoxy) is 1. The van der Waals surface area contributed by atoms with Crippen molar-refractivity contribution in [3.05, 3.63) is 33.8 Å². The van der Waals surface area contributed by atoms with E-state index in [0.717, 1.165) is 23.4 Å².